The maximum absolute atomic E-state index is 12.1. The van der Waals surface area contributed by atoms with E-state index in [1.54, 1.807) is 12.1 Å². The van der Waals surface area contributed by atoms with E-state index in [2.05, 4.69) is 5.32 Å². The summed E-state index contributed by atoms with van der Waals surface area (Å²) < 4.78 is 0. The quantitative estimate of drug-likeness (QED) is 0.632. The van der Waals surface area contributed by atoms with E-state index in [0.29, 0.717) is 5.57 Å². The zero-order chi connectivity index (χ0) is 16.4. The Bertz CT molecular complexity index is 681. The molecule has 0 radical (unpaired) electrons. The number of fused-ring (bicyclic) bond motifs is 1. The molecule has 114 valence electrons. The Labute approximate surface area is 126 Å². The van der Waals surface area contributed by atoms with E-state index < -0.39 is 30.2 Å². The van der Waals surface area contributed by atoms with Gasteiger partial charge in [-0.1, -0.05) is 12.1 Å². The lowest BCUT2D eigenvalue weighted by molar-refractivity contribution is -0.134. The van der Waals surface area contributed by atoms with Gasteiger partial charge in [0.1, 0.15) is 12.2 Å². The molecular formula is C15H14N2O5. The second-order valence-corrected chi connectivity index (χ2v) is 4.97. The average molecular weight is 302 g/mol. The summed E-state index contributed by atoms with van der Waals surface area (Å²) in [6.07, 6.45) is 0. The number of carbonyl (C=O) groups excluding carboxylic acids is 3. The highest BCUT2D eigenvalue weighted by Crippen LogP contribution is 2.21. The first kappa shape index (κ1) is 15.4. The van der Waals surface area contributed by atoms with Gasteiger partial charge in [-0.2, -0.15) is 0 Å². The van der Waals surface area contributed by atoms with Crippen LogP contribution in [-0.4, -0.2) is 40.2 Å². The van der Waals surface area contributed by atoms with Gasteiger partial charge in [-0.25, -0.2) is 4.79 Å². The van der Waals surface area contributed by atoms with Crippen molar-refractivity contribution in [1.29, 1.82) is 0 Å². The fourth-order valence-electron chi connectivity index (χ4n) is 2.10. The number of benzene rings is 1. The number of aliphatic carboxylic acids is 1. The van der Waals surface area contributed by atoms with Gasteiger partial charge in [-0.05, 0) is 31.6 Å². The van der Waals surface area contributed by atoms with Crippen molar-refractivity contribution < 1.29 is 24.3 Å². The van der Waals surface area contributed by atoms with Crippen molar-refractivity contribution in [2.45, 2.75) is 13.8 Å². The fraction of sp³-hybridized carbons (Fsp3) is 0.200. The Morgan fingerprint density at radius 3 is 2.00 bits per heavy atom. The number of carboxylic acid groups (broad SMARTS) is 1. The molecule has 1 heterocycles. The number of amides is 3. The second-order valence-electron chi connectivity index (χ2n) is 4.97. The molecule has 1 aromatic rings. The van der Waals surface area contributed by atoms with Gasteiger partial charge in [0.05, 0.1) is 11.1 Å². The molecule has 0 bridgehead atoms. The Morgan fingerprint density at radius 2 is 1.59 bits per heavy atom. The molecule has 0 saturated carbocycles. The molecule has 7 heteroatoms. The molecular weight excluding hydrogens is 288 g/mol. The van der Waals surface area contributed by atoms with Gasteiger partial charge >= 0.3 is 5.97 Å². The van der Waals surface area contributed by atoms with E-state index in [1.165, 1.54) is 26.0 Å². The molecule has 7 nitrogen and oxygen atoms in total. The predicted octanol–water partition coefficient (Wildman–Crippen LogP) is 0.777. The third-order valence-electron chi connectivity index (χ3n) is 3.16. The lowest BCUT2D eigenvalue weighted by atomic mass is 10.1. The largest absolute Gasteiger partial charge is 0.477 e. The Kier molecular flexibility index (Phi) is 4.07. The standard InChI is InChI=1S/C15H14N2O5/c1-8(2)12(15(21)22)16-11(18)7-17-13(19)9-5-3-4-6-10(9)14(17)20/h3-6H,7H2,1-2H3,(H,16,18)(H,21,22). The molecule has 0 atom stereocenters. The smallest absolute Gasteiger partial charge is 0.352 e. The first-order valence-electron chi connectivity index (χ1n) is 6.48. The highest BCUT2D eigenvalue weighted by atomic mass is 16.4. The number of carboxylic acids is 1. The van der Waals surface area contributed by atoms with Gasteiger partial charge in [0.15, 0.2) is 0 Å². The number of hydrogen-bond donors (Lipinski definition) is 2. The summed E-state index contributed by atoms with van der Waals surface area (Å²) in [5, 5.41) is 11.2. The van der Waals surface area contributed by atoms with Crippen molar-refractivity contribution in [2.75, 3.05) is 6.54 Å². The predicted molar refractivity (Wildman–Crippen MR) is 76.0 cm³/mol. The number of nitrogens with one attached hydrogen (secondary N) is 1. The molecule has 1 aliphatic rings. The van der Waals surface area contributed by atoms with Crippen molar-refractivity contribution in [1.82, 2.24) is 10.2 Å². The topological polar surface area (TPSA) is 104 Å². The van der Waals surface area contributed by atoms with Crippen LogP contribution in [0.1, 0.15) is 34.6 Å². The molecule has 0 saturated heterocycles. The lowest BCUT2D eigenvalue weighted by Crippen LogP contribution is -2.41. The molecule has 2 N–H and O–H groups in total. The second kappa shape index (κ2) is 5.80. The molecule has 1 aromatic carbocycles. The zero-order valence-corrected chi connectivity index (χ0v) is 12.0. The Balaban J connectivity index is 2.15. The fourth-order valence-corrected chi connectivity index (χ4v) is 2.10. The molecule has 3 amide bonds. The van der Waals surface area contributed by atoms with Crippen LogP contribution in [0, 0.1) is 0 Å². The Morgan fingerprint density at radius 1 is 1.09 bits per heavy atom. The van der Waals surface area contributed by atoms with E-state index in [4.69, 9.17) is 5.11 Å². The molecule has 0 aliphatic carbocycles. The average Bonchev–Trinajstić information content (AvgIpc) is 2.70. The molecule has 0 fully saturated rings. The molecule has 0 unspecified atom stereocenters. The first-order valence-corrected chi connectivity index (χ1v) is 6.48. The number of imide groups is 1. The number of carbonyl (C=O) groups is 4. The third-order valence-corrected chi connectivity index (χ3v) is 3.16. The van der Waals surface area contributed by atoms with Gasteiger partial charge in [0, 0.05) is 0 Å². The summed E-state index contributed by atoms with van der Waals surface area (Å²) in [5.74, 6) is -3.15. The van der Waals surface area contributed by atoms with Crippen molar-refractivity contribution >= 4 is 23.7 Å². The molecule has 0 spiro atoms. The summed E-state index contributed by atoms with van der Waals surface area (Å²) in [5.41, 5.74) is 0.617. The van der Waals surface area contributed by atoms with E-state index in [-0.39, 0.29) is 16.8 Å². The Hall–Kier alpha value is -2.96. The van der Waals surface area contributed by atoms with E-state index in [1.807, 2.05) is 0 Å². The van der Waals surface area contributed by atoms with Crippen LogP contribution in [0.15, 0.2) is 35.5 Å². The van der Waals surface area contributed by atoms with Crippen LogP contribution in [0.25, 0.3) is 0 Å². The summed E-state index contributed by atoms with van der Waals surface area (Å²) in [6, 6.07) is 6.26. The number of allylic oxidation sites excluding steroid dienone is 1. The van der Waals surface area contributed by atoms with E-state index >= 15 is 0 Å². The van der Waals surface area contributed by atoms with Crippen LogP contribution in [0.5, 0.6) is 0 Å². The van der Waals surface area contributed by atoms with Crippen LogP contribution in [0.3, 0.4) is 0 Å². The van der Waals surface area contributed by atoms with Crippen molar-refractivity contribution in [3.05, 3.63) is 46.7 Å². The maximum atomic E-state index is 12.1. The van der Waals surface area contributed by atoms with Crippen LogP contribution in [0.2, 0.25) is 0 Å². The van der Waals surface area contributed by atoms with Gasteiger partial charge < -0.3 is 10.4 Å². The minimum absolute atomic E-state index is 0.237. The lowest BCUT2D eigenvalue weighted by Gasteiger charge is -2.14. The summed E-state index contributed by atoms with van der Waals surface area (Å²) >= 11 is 0. The number of nitrogens with zero attached hydrogens (tertiary/aromatic N) is 1. The maximum Gasteiger partial charge on any atom is 0.352 e. The van der Waals surface area contributed by atoms with Gasteiger partial charge in [-0.15, -0.1) is 0 Å². The van der Waals surface area contributed by atoms with E-state index in [9.17, 15) is 19.2 Å². The van der Waals surface area contributed by atoms with Crippen LogP contribution in [0.4, 0.5) is 0 Å². The minimum Gasteiger partial charge on any atom is -0.477 e. The normalized spacial score (nSPS) is 12.9. The summed E-state index contributed by atoms with van der Waals surface area (Å²) in [7, 11) is 0. The van der Waals surface area contributed by atoms with E-state index in [0.717, 1.165) is 4.90 Å². The molecule has 1 aliphatic heterocycles. The highest BCUT2D eigenvalue weighted by molar-refractivity contribution is 6.22. The molecule has 22 heavy (non-hydrogen) atoms. The van der Waals surface area contributed by atoms with Gasteiger partial charge in [0.25, 0.3) is 11.8 Å². The first-order chi connectivity index (χ1) is 10.3. The van der Waals surface area contributed by atoms with Crippen LogP contribution in [-0.2, 0) is 9.59 Å². The summed E-state index contributed by atoms with van der Waals surface area (Å²) in [4.78, 5) is 47.9. The number of rotatable bonds is 4. The van der Waals surface area contributed by atoms with Crippen LogP contribution < -0.4 is 5.32 Å². The van der Waals surface area contributed by atoms with Gasteiger partial charge in [-0.3, -0.25) is 19.3 Å². The summed E-state index contributed by atoms with van der Waals surface area (Å²) in [6.45, 7) is 2.54. The minimum atomic E-state index is -1.28. The SMILES string of the molecule is CC(C)=C(NC(=O)CN1C(=O)c2ccccc2C1=O)C(=O)O. The number of hydrogen-bond acceptors (Lipinski definition) is 4. The van der Waals surface area contributed by atoms with Crippen molar-refractivity contribution in [2.24, 2.45) is 0 Å². The van der Waals surface area contributed by atoms with Crippen molar-refractivity contribution in [3.8, 4) is 0 Å². The highest BCUT2D eigenvalue weighted by Gasteiger charge is 2.36. The van der Waals surface area contributed by atoms with Crippen LogP contribution >= 0.6 is 0 Å². The zero-order valence-electron chi connectivity index (χ0n) is 12.0. The van der Waals surface area contributed by atoms with Gasteiger partial charge in [0.2, 0.25) is 5.91 Å². The van der Waals surface area contributed by atoms with Crippen molar-refractivity contribution in [3.63, 3.8) is 0 Å². The molecule has 2 rings (SSSR count). The molecule has 0 aromatic heterocycles. The third kappa shape index (κ3) is 2.73. The monoisotopic (exact) mass is 302 g/mol.